The number of urea groups is 1. The Morgan fingerprint density at radius 2 is 1.79 bits per heavy atom. The molecule has 2 saturated heterocycles. The van der Waals surface area contributed by atoms with Crippen molar-refractivity contribution in [3.63, 3.8) is 0 Å². The number of amides is 3. The minimum atomic E-state index is -0.579. The molecule has 0 radical (unpaired) electrons. The first-order valence-corrected chi connectivity index (χ1v) is 10.3. The first-order chi connectivity index (χ1) is 13.6. The summed E-state index contributed by atoms with van der Waals surface area (Å²) in [6.07, 6.45) is 0. The van der Waals surface area contributed by atoms with E-state index in [1.54, 1.807) is 11.0 Å². The Bertz CT molecular complexity index is 762. The van der Waals surface area contributed by atoms with Crippen LogP contribution in [0, 0.1) is 5.82 Å². The topological polar surface area (TPSA) is 67.9 Å². The van der Waals surface area contributed by atoms with Crippen LogP contribution in [0.5, 0.6) is 0 Å². The highest BCUT2D eigenvalue weighted by Crippen LogP contribution is 2.20. The van der Waals surface area contributed by atoms with E-state index in [4.69, 9.17) is 11.6 Å². The Kier molecular flexibility index (Phi) is 6.65. The summed E-state index contributed by atoms with van der Waals surface area (Å²) < 4.78 is 13.5. The average Bonchev–Trinajstić information content (AvgIpc) is 2.70. The molecule has 1 aromatic carbocycles. The van der Waals surface area contributed by atoms with E-state index < -0.39 is 5.82 Å². The molecule has 0 saturated carbocycles. The zero-order valence-corrected chi connectivity index (χ0v) is 17.9. The number of rotatable bonds is 2. The number of benzene rings is 1. The van der Waals surface area contributed by atoms with E-state index in [9.17, 15) is 14.0 Å². The zero-order valence-electron chi connectivity index (χ0n) is 17.2. The number of anilines is 1. The largest absolute Gasteiger partial charge is 0.338 e. The predicted molar refractivity (Wildman–Crippen MR) is 112 cm³/mol. The lowest BCUT2D eigenvalue weighted by molar-refractivity contribution is -0.136. The summed E-state index contributed by atoms with van der Waals surface area (Å²) in [5, 5.41) is 6.01. The summed E-state index contributed by atoms with van der Waals surface area (Å²) in [5.41, 5.74) is 0.377. The van der Waals surface area contributed by atoms with Crippen LogP contribution in [0.15, 0.2) is 18.2 Å². The third kappa shape index (κ3) is 5.38. The van der Waals surface area contributed by atoms with Gasteiger partial charge in [0.25, 0.3) is 0 Å². The second-order valence-electron chi connectivity index (χ2n) is 8.49. The van der Waals surface area contributed by atoms with Gasteiger partial charge in [0.15, 0.2) is 0 Å². The van der Waals surface area contributed by atoms with E-state index in [1.165, 1.54) is 12.1 Å². The number of piperazine rings is 2. The fourth-order valence-electron chi connectivity index (χ4n) is 3.65. The van der Waals surface area contributed by atoms with Gasteiger partial charge in [-0.15, -0.1) is 0 Å². The Morgan fingerprint density at radius 1 is 1.14 bits per heavy atom. The van der Waals surface area contributed by atoms with E-state index >= 15 is 0 Å². The van der Waals surface area contributed by atoms with Crippen LogP contribution in [-0.2, 0) is 4.79 Å². The molecule has 160 valence electrons. The number of halogens is 2. The molecule has 2 N–H and O–H groups in total. The fraction of sp³-hybridized carbons (Fsp3) is 0.600. The summed E-state index contributed by atoms with van der Waals surface area (Å²) in [7, 11) is 0. The molecule has 2 aliphatic rings. The van der Waals surface area contributed by atoms with Crippen LogP contribution < -0.4 is 10.6 Å². The third-order valence-corrected chi connectivity index (χ3v) is 5.78. The summed E-state index contributed by atoms with van der Waals surface area (Å²) >= 11 is 5.67. The van der Waals surface area contributed by atoms with Crippen LogP contribution >= 0.6 is 11.6 Å². The summed E-state index contributed by atoms with van der Waals surface area (Å²) in [5.74, 6) is -0.497. The maximum absolute atomic E-state index is 13.5. The normalized spacial score (nSPS) is 21.2. The van der Waals surface area contributed by atoms with Crippen molar-refractivity contribution in [3.8, 4) is 0 Å². The van der Waals surface area contributed by atoms with Gasteiger partial charge >= 0.3 is 6.03 Å². The van der Waals surface area contributed by atoms with Gasteiger partial charge in [-0.1, -0.05) is 11.6 Å². The van der Waals surface area contributed by atoms with E-state index in [1.807, 2.05) is 4.90 Å². The van der Waals surface area contributed by atoms with Crippen molar-refractivity contribution >= 4 is 29.2 Å². The van der Waals surface area contributed by atoms with Crippen LogP contribution in [-0.4, -0.2) is 84.0 Å². The molecule has 2 heterocycles. The van der Waals surface area contributed by atoms with Gasteiger partial charge in [-0.2, -0.15) is 0 Å². The van der Waals surface area contributed by atoms with E-state index in [0.717, 1.165) is 13.1 Å². The SMILES string of the molecule is CC(C)(C)N1CCN[C@@H](C(=O)N2CCN(C(=O)Nc3ccc(Cl)c(F)c3)CC2)C1. The molecule has 1 aromatic rings. The molecule has 0 aliphatic carbocycles. The van der Waals surface area contributed by atoms with Crippen molar-refractivity contribution < 1.29 is 14.0 Å². The molecule has 0 spiro atoms. The number of carbonyl (C=O) groups is 2. The number of nitrogens with one attached hydrogen (secondary N) is 2. The first-order valence-electron chi connectivity index (χ1n) is 9.93. The molecule has 7 nitrogen and oxygen atoms in total. The Labute approximate surface area is 176 Å². The highest BCUT2D eigenvalue weighted by Gasteiger charge is 2.34. The lowest BCUT2D eigenvalue weighted by atomic mass is 10.0. The smallest absolute Gasteiger partial charge is 0.321 e. The van der Waals surface area contributed by atoms with Crippen LogP contribution in [0.3, 0.4) is 0 Å². The molecular formula is C20H29ClFN5O2. The van der Waals surface area contributed by atoms with Crippen molar-refractivity contribution in [2.45, 2.75) is 32.4 Å². The van der Waals surface area contributed by atoms with Crippen molar-refractivity contribution in [1.82, 2.24) is 20.0 Å². The van der Waals surface area contributed by atoms with Gasteiger partial charge in [0.1, 0.15) is 5.82 Å². The summed E-state index contributed by atoms with van der Waals surface area (Å²) in [6.45, 7) is 10.7. The lowest BCUT2D eigenvalue weighted by Gasteiger charge is -2.43. The van der Waals surface area contributed by atoms with Crippen molar-refractivity contribution in [3.05, 3.63) is 29.0 Å². The molecule has 3 amide bonds. The van der Waals surface area contributed by atoms with Gasteiger partial charge < -0.3 is 20.4 Å². The molecule has 2 fully saturated rings. The minimum Gasteiger partial charge on any atom is -0.338 e. The predicted octanol–water partition coefficient (Wildman–Crippen LogP) is 2.23. The first kappa shape index (κ1) is 21.8. The Balaban J connectivity index is 1.51. The number of hydrogen-bond acceptors (Lipinski definition) is 4. The molecule has 0 bridgehead atoms. The molecule has 2 aliphatic heterocycles. The van der Waals surface area contributed by atoms with Gasteiger partial charge in [-0.3, -0.25) is 9.69 Å². The molecule has 3 rings (SSSR count). The second-order valence-corrected chi connectivity index (χ2v) is 8.90. The van der Waals surface area contributed by atoms with Crippen LogP contribution in [0.4, 0.5) is 14.9 Å². The molecule has 29 heavy (non-hydrogen) atoms. The van der Waals surface area contributed by atoms with E-state index in [-0.39, 0.29) is 28.5 Å². The van der Waals surface area contributed by atoms with Gasteiger partial charge in [-0.05, 0) is 39.0 Å². The second kappa shape index (κ2) is 8.85. The van der Waals surface area contributed by atoms with Crippen molar-refractivity contribution in [1.29, 1.82) is 0 Å². The summed E-state index contributed by atoms with van der Waals surface area (Å²) in [6, 6.07) is 3.62. The maximum Gasteiger partial charge on any atom is 0.321 e. The molecular weight excluding hydrogens is 397 g/mol. The van der Waals surface area contributed by atoms with Crippen molar-refractivity contribution in [2.24, 2.45) is 0 Å². The minimum absolute atomic E-state index is 0.0106. The maximum atomic E-state index is 13.5. The molecule has 9 heteroatoms. The quantitative estimate of drug-likeness (QED) is 0.762. The standard InChI is InChI=1S/C20H29ClFN5O2/c1-20(2,3)27-7-6-23-17(13-27)18(28)25-8-10-26(11-9-25)19(29)24-14-4-5-15(21)16(22)12-14/h4-5,12,17,23H,6-11,13H2,1-3H3,(H,24,29)/t17-/m1/s1. The fourth-order valence-corrected chi connectivity index (χ4v) is 3.77. The van der Waals surface area contributed by atoms with Gasteiger partial charge in [0.05, 0.1) is 11.1 Å². The third-order valence-electron chi connectivity index (χ3n) is 5.47. The monoisotopic (exact) mass is 425 g/mol. The van der Waals surface area contributed by atoms with Gasteiger partial charge in [-0.25, -0.2) is 9.18 Å². The Morgan fingerprint density at radius 3 is 2.41 bits per heavy atom. The Hall–Kier alpha value is -1.90. The highest BCUT2D eigenvalue weighted by atomic mass is 35.5. The van der Waals surface area contributed by atoms with Crippen LogP contribution in [0.25, 0.3) is 0 Å². The van der Waals surface area contributed by atoms with E-state index in [2.05, 4.69) is 36.3 Å². The van der Waals surface area contributed by atoms with Crippen LogP contribution in [0.1, 0.15) is 20.8 Å². The molecule has 0 aromatic heterocycles. The van der Waals surface area contributed by atoms with Crippen molar-refractivity contribution in [2.75, 3.05) is 51.1 Å². The number of hydrogen-bond donors (Lipinski definition) is 2. The number of nitrogens with zero attached hydrogens (tertiary/aromatic N) is 3. The van der Waals surface area contributed by atoms with Gasteiger partial charge in [0.2, 0.25) is 5.91 Å². The highest BCUT2D eigenvalue weighted by molar-refractivity contribution is 6.30. The molecule has 1 atom stereocenters. The molecule has 0 unspecified atom stereocenters. The summed E-state index contributed by atoms with van der Waals surface area (Å²) in [4.78, 5) is 31.1. The van der Waals surface area contributed by atoms with E-state index in [0.29, 0.717) is 38.4 Å². The van der Waals surface area contributed by atoms with Gasteiger partial charge in [0, 0.05) is 57.0 Å². The zero-order chi connectivity index (χ0) is 21.2. The lowest BCUT2D eigenvalue weighted by Crippen LogP contribution is -2.63. The average molecular weight is 426 g/mol. The van der Waals surface area contributed by atoms with Crippen LogP contribution in [0.2, 0.25) is 5.02 Å². The number of carbonyl (C=O) groups excluding carboxylic acids is 2.